The quantitative estimate of drug-likeness (QED) is 0.625. The topological polar surface area (TPSA) is 71.5 Å². The second-order valence-corrected chi connectivity index (χ2v) is 6.55. The van der Waals surface area contributed by atoms with Gasteiger partial charge in [0.15, 0.2) is 0 Å². The minimum atomic E-state index is -0.410. The normalized spacial score (nSPS) is 10.3. The number of rotatable bonds is 6. The molecule has 0 spiro atoms. The molecule has 0 unspecified atom stereocenters. The second kappa shape index (κ2) is 9.01. The summed E-state index contributed by atoms with van der Waals surface area (Å²) in [5.74, 6) is -0.537. The maximum Gasteiger partial charge on any atom is 0.337 e. The molecule has 0 radical (unpaired) electrons. The summed E-state index contributed by atoms with van der Waals surface area (Å²) >= 11 is 0. The van der Waals surface area contributed by atoms with Gasteiger partial charge in [0.05, 0.1) is 30.1 Å². The lowest BCUT2D eigenvalue weighted by atomic mass is 10.1. The van der Waals surface area contributed by atoms with Crippen LogP contribution in [-0.4, -0.2) is 30.5 Å². The number of aryl methyl sites for hydroxylation is 1. The molecule has 148 valence electrons. The number of hydrogen-bond acceptors (Lipinski definition) is 5. The number of amides is 1. The highest BCUT2D eigenvalue weighted by Gasteiger charge is 2.17. The number of ether oxygens (including phenoxy) is 1. The van der Waals surface area contributed by atoms with E-state index in [-0.39, 0.29) is 5.91 Å². The molecule has 0 saturated heterocycles. The van der Waals surface area contributed by atoms with Gasteiger partial charge in [0, 0.05) is 24.1 Å². The van der Waals surface area contributed by atoms with E-state index < -0.39 is 5.97 Å². The Kier molecular flexibility index (Phi) is 6.24. The number of nitrogens with zero attached hydrogens (tertiary/aromatic N) is 2. The average molecular weight is 389 g/mol. The van der Waals surface area contributed by atoms with E-state index in [1.165, 1.54) is 7.11 Å². The molecule has 3 aromatic rings. The van der Waals surface area contributed by atoms with Crippen LogP contribution < -0.4 is 10.2 Å². The van der Waals surface area contributed by atoms with Crippen molar-refractivity contribution in [1.29, 1.82) is 0 Å². The van der Waals surface area contributed by atoms with Crippen molar-refractivity contribution in [2.75, 3.05) is 23.9 Å². The SMILES string of the molecule is CCN(C(=O)c1cncc(Nc2cccc(C(=O)OC)c2)c1)c1cccc(C)c1. The van der Waals surface area contributed by atoms with E-state index >= 15 is 0 Å². The Morgan fingerprint density at radius 1 is 1.00 bits per heavy atom. The van der Waals surface area contributed by atoms with Crippen LogP contribution in [0.5, 0.6) is 0 Å². The third kappa shape index (κ3) is 4.79. The molecule has 29 heavy (non-hydrogen) atoms. The van der Waals surface area contributed by atoms with Crippen molar-refractivity contribution in [3.63, 3.8) is 0 Å². The number of anilines is 3. The van der Waals surface area contributed by atoms with E-state index in [2.05, 4.69) is 10.3 Å². The first-order valence-electron chi connectivity index (χ1n) is 9.31. The zero-order valence-corrected chi connectivity index (χ0v) is 16.7. The summed E-state index contributed by atoms with van der Waals surface area (Å²) in [7, 11) is 1.34. The zero-order valence-electron chi connectivity index (χ0n) is 16.7. The van der Waals surface area contributed by atoms with E-state index in [1.807, 2.05) is 44.2 Å². The molecule has 0 bridgehead atoms. The van der Waals surface area contributed by atoms with Gasteiger partial charge in [-0.3, -0.25) is 9.78 Å². The molecule has 3 rings (SSSR count). The second-order valence-electron chi connectivity index (χ2n) is 6.55. The fourth-order valence-corrected chi connectivity index (χ4v) is 3.03. The van der Waals surface area contributed by atoms with Gasteiger partial charge in [-0.25, -0.2) is 4.79 Å². The van der Waals surface area contributed by atoms with Crippen LogP contribution in [0.4, 0.5) is 17.1 Å². The van der Waals surface area contributed by atoms with Crippen LogP contribution in [0.15, 0.2) is 67.0 Å². The van der Waals surface area contributed by atoms with E-state index in [1.54, 1.807) is 41.6 Å². The molecule has 2 aromatic carbocycles. The molecular weight excluding hydrogens is 366 g/mol. The number of methoxy groups -OCH3 is 1. The summed E-state index contributed by atoms with van der Waals surface area (Å²) < 4.78 is 4.75. The summed E-state index contributed by atoms with van der Waals surface area (Å²) in [6.07, 6.45) is 3.18. The highest BCUT2D eigenvalue weighted by atomic mass is 16.5. The summed E-state index contributed by atoms with van der Waals surface area (Å²) in [4.78, 5) is 30.7. The third-order valence-electron chi connectivity index (χ3n) is 4.43. The third-order valence-corrected chi connectivity index (χ3v) is 4.43. The molecule has 1 heterocycles. The molecule has 0 atom stereocenters. The molecule has 1 N–H and O–H groups in total. The number of pyridine rings is 1. The number of aromatic nitrogens is 1. The van der Waals surface area contributed by atoms with Crippen molar-refractivity contribution in [3.8, 4) is 0 Å². The Morgan fingerprint density at radius 2 is 1.76 bits per heavy atom. The number of esters is 1. The first-order chi connectivity index (χ1) is 14.0. The Bertz CT molecular complexity index is 1030. The van der Waals surface area contributed by atoms with Crippen molar-refractivity contribution >= 4 is 28.9 Å². The lowest BCUT2D eigenvalue weighted by Crippen LogP contribution is -2.30. The van der Waals surface area contributed by atoms with Crippen LogP contribution in [0.3, 0.4) is 0 Å². The number of carbonyl (C=O) groups excluding carboxylic acids is 2. The lowest BCUT2D eigenvalue weighted by Gasteiger charge is -2.21. The highest BCUT2D eigenvalue weighted by Crippen LogP contribution is 2.22. The Balaban J connectivity index is 1.83. The summed E-state index contributed by atoms with van der Waals surface area (Å²) in [6, 6.07) is 16.5. The molecule has 1 amide bonds. The summed E-state index contributed by atoms with van der Waals surface area (Å²) in [5, 5.41) is 3.18. The van der Waals surface area contributed by atoms with Gasteiger partial charge in [0.25, 0.3) is 5.91 Å². The van der Waals surface area contributed by atoms with Crippen LogP contribution in [0.1, 0.15) is 33.2 Å². The van der Waals surface area contributed by atoms with Gasteiger partial charge in [-0.2, -0.15) is 0 Å². The van der Waals surface area contributed by atoms with Crippen LogP contribution in [0, 0.1) is 6.92 Å². The smallest absolute Gasteiger partial charge is 0.337 e. The number of benzene rings is 2. The fourth-order valence-electron chi connectivity index (χ4n) is 3.03. The molecule has 0 aliphatic carbocycles. The van der Waals surface area contributed by atoms with E-state index in [4.69, 9.17) is 4.74 Å². The minimum absolute atomic E-state index is 0.127. The predicted octanol–water partition coefficient (Wildman–Crippen LogP) is 4.59. The maximum atomic E-state index is 13.1. The van der Waals surface area contributed by atoms with Gasteiger partial charge in [-0.15, -0.1) is 0 Å². The monoisotopic (exact) mass is 389 g/mol. The van der Waals surface area contributed by atoms with E-state index in [0.29, 0.717) is 29.0 Å². The molecular formula is C23H23N3O3. The summed E-state index contributed by atoms with van der Waals surface area (Å²) in [6.45, 7) is 4.48. The fraction of sp³-hybridized carbons (Fsp3) is 0.174. The van der Waals surface area contributed by atoms with Gasteiger partial charge in [-0.1, -0.05) is 18.2 Å². The lowest BCUT2D eigenvalue weighted by molar-refractivity contribution is 0.0600. The molecule has 1 aromatic heterocycles. The molecule has 0 fully saturated rings. The molecule has 0 aliphatic rings. The predicted molar refractivity (Wildman–Crippen MR) is 114 cm³/mol. The molecule has 0 aliphatic heterocycles. The van der Waals surface area contributed by atoms with Crippen LogP contribution in [-0.2, 0) is 4.74 Å². The average Bonchev–Trinajstić information content (AvgIpc) is 2.74. The molecule has 6 nitrogen and oxygen atoms in total. The van der Waals surface area contributed by atoms with Crippen molar-refractivity contribution in [1.82, 2.24) is 4.98 Å². The van der Waals surface area contributed by atoms with Crippen LogP contribution in [0.2, 0.25) is 0 Å². The van der Waals surface area contributed by atoms with Gasteiger partial charge in [-0.05, 0) is 55.8 Å². The van der Waals surface area contributed by atoms with E-state index in [0.717, 1.165) is 11.3 Å². The standard InChI is InChI=1S/C23H23N3O3/c1-4-26(21-10-5-7-16(2)11-21)22(27)18-13-20(15-24-14-18)25-19-9-6-8-17(12-19)23(28)29-3/h5-15,25H,4H2,1-3H3. The van der Waals surface area contributed by atoms with Gasteiger partial charge in [0.2, 0.25) is 0 Å². The van der Waals surface area contributed by atoms with Crippen LogP contribution >= 0.6 is 0 Å². The van der Waals surface area contributed by atoms with E-state index in [9.17, 15) is 9.59 Å². The van der Waals surface area contributed by atoms with Gasteiger partial charge in [0.1, 0.15) is 0 Å². The zero-order chi connectivity index (χ0) is 20.8. The number of hydrogen-bond donors (Lipinski definition) is 1. The van der Waals surface area contributed by atoms with Crippen molar-refractivity contribution in [2.45, 2.75) is 13.8 Å². The number of carbonyl (C=O) groups is 2. The molecule has 6 heteroatoms. The molecule has 0 saturated carbocycles. The number of nitrogens with one attached hydrogen (secondary N) is 1. The Hall–Kier alpha value is -3.67. The first-order valence-corrected chi connectivity index (χ1v) is 9.31. The Labute approximate surface area is 170 Å². The highest BCUT2D eigenvalue weighted by molar-refractivity contribution is 6.06. The van der Waals surface area contributed by atoms with Crippen molar-refractivity contribution in [3.05, 3.63) is 83.7 Å². The van der Waals surface area contributed by atoms with Gasteiger partial charge >= 0.3 is 5.97 Å². The van der Waals surface area contributed by atoms with Crippen LogP contribution in [0.25, 0.3) is 0 Å². The Morgan fingerprint density at radius 3 is 2.48 bits per heavy atom. The minimum Gasteiger partial charge on any atom is -0.465 e. The van der Waals surface area contributed by atoms with Crippen molar-refractivity contribution in [2.24, 2.45) is 0 Å². The van der Waals surface area contributed by atoms with Gasteiger partial charge < -0.3 is 15.0 Å². The summed E-state index contributed by atoms with van der Waals surface area (Å²) in [5.41, 5.74) is 4.20. The maximum absolute atomic E-state index is 13.1. The van der Waals surface area contributed by atoms with Crippen molar-refractivity contribution < 1.29 is 14.3 Å². The first kappa shape index (κ1) is 20.1. The largest absolute Gasteiger partial charge is 0.465 e.